The Hall–Kier alpha value is -0.380. The summed E-state index contributed by atoms with van der Waals surface area (Å²) in [4.78, 5) is 9.86. The average molecular weight is 174 g/mol. The van der Waals surface area contributed by atoms with Crippen LogP contribution in [0.1, 0.15) is 27.7 Å². The lowest BCUT2D eigenvalue weighted by Crippen LogP contribution is -2.26. The normalized spacial score (nSPS) is 11.4. The number of methoxy groups -OCH3 is 1. The van der Waals surface area contributed by atoms with E-state index in [1.807, 2.05) is 19.9 Å². The molecule has 0 aliphatic heterocycles. The van der Waals surface area contributed by atoms with Crippen LogP contribution in [0.15, 0.2) is 11.6 Å². The zero-order chi connectivity index (χ0) is 9.61. The standard InChI is InChI=1S/C9H18O3/c1-8(2)6-7-11-12-9(3,4)10-5/h6H,7H2,1-5H3. The zero-order valence-corrected chi connectivity index (χ0v) is 8.51. The molecule has 0 aliphatic rings. The van der Waals surface area contributed by atoms with E-state index in [-0.39, 0.29) is 0 Å². The van der Waals surface area contributed by atoms with Crippen LogP contribution in [-0.4, -0.2) is 19.5 Å². The van der Waals surface area contributed by atoms with Crippen molar-refractivity contribution in [3.05, 3.63) is 11.6 Å². The van der Waals surface area contributed by atoms with Crippen LogP contribution in [0.5, 0.6) is 0 Å². The maximum Gasteiger partial charge on any atom is 0.195 e. The van der Waals surface area contributed by atoms with Crippen LogP contribution in [0.3, 0.4) is 0 Å². The first-order chi connectivity index (χ1) is 5.48. The van der Waals surface area contributed by atoms with Gasteiger partial charge < -0.3 is 4.74 Å². The number of hydrogen-bond donors (Lipinski definition) is 0. The molecule has 3 heteroatoms. The van der Waals surface area contributed by atoms with Crippen molar-refractivity contribution >= 4 is 0 Å². The second-order valence-corrected chi connectivity index (χ2v) is 3.25. The second kappa shape index (κ2) is 5.30. The summed E-state index contributed by atoms with van der Waals surface area (Å²) in [6.45, 7) is 8.04. The second-order valence-electron chi connectivity index (χ2n) is 3.25. The molecule has 0 radical (unpaired) electrons. The van der Waals surface area contributed by atoms with Gasteiger partial charge in [-0.15, -0.1) is 0 Å². The molecule has 0 aromatic rings. The number of ether oxygens (including phenoxy) is 1. The molecule has 0 amide bonds. The summed E-state index contributed by atoms with van der Waals surface area (Å²) >= 11 is 0. The Morgan fingerprint density at radius 1 is 1.33 bits per heavy atom. The SMILES string of the molecule is COC(C)(C)OOCC=C(C)C. The number of rotatable bonds is 5. The molecular weight excluding hydrogens is 156 g/mol. The lowest BCUT2D eigenvalue weighted by atomic mass is 10.3. The van der Waals surface area contributed by atoms with E-state index in [9.17, 15) is 0 Å². The van der Waals surface area contributed by atoms with Gasteiger partial charge in [-0.1, -0.05) is 11.6 Å². The molecule has 0 spiro atoms. The molecule has 3 nitrogen and oxygen atoms in total. The van der Waals surface area contributed by atoms with E-state index in [1.165, 1.54) is 5.57 Å². The molecule has 72 valence electrons. The van der Waals surface area contributed by atoms with Gasteiger partial charge in [0.1, 0.15) is 6.61 Å². The Balaban J connectivity index is 3.50. The van der Waals surface area contributed by atoms with Gasteiger partial charge in [-0.05, 0) is 27.7 Å². The fourth-order valence-electron chi connectivity index (χ4n) is 0.411. The average Bonchev–Trinajstić information content (AvgIpc) is 1.98. The van der Waals surface area contributed by atoms with Crippen molar-refractivity contribution in [2.24, 2.45) is 0 Å². The molecule has 0 aromatic heterocycles. The van der Waals surface area contributed by atoms with Crippen molar-refractivity contribution in [3.8, 4) is 0 Å². The molecule has 0 saturated heterocycles. The molecule has 0 saturated carbocycles. The van der Waals surface area contributed by atoms with Crippen LogP contribution in [0.2, 0.25) is 0 Å². The minimum Gasteiger partial charge on any atom is -0.351 e. The summed E-state index contributed by atoms with van der Waals surface area (Å²) in [5.41, 5.74) is 1.20. The first kappa shape index (κ1) is 11.6. The highest BCUT2D eigenvalue weighted by atomic mass is 17.2. The summed E-state index contributed by atoms with van der Waals surface area (Å²) < 4.78 is 4.98. The van der Waals surface area contributed by atoms with Crippen LogP contribution in [0.4, 0.5) is 0 Å². The Morgan fingerprint density at radius 2 is 1.92 bits per heavy atom. The Morgan fingerprint density at radius 3 is 2.33 bits per heavy atom. The van der Waals surface area contributed by atoms with E-state index in [0.717, 1.165) is 0 Å². The van der Waals surface area contributed by atoms with Crippen LogP contribution in [0, 0.1) is 0 Å². The third-order valence-corrected chi connectivity index (χ3v) is 1.31. The topological polar surface area (TPSA) is 27.7 Å². The summed E-state index contributed by atoms with van der Waals surface area (Å²) in [7, 11) is 1.57. The van der Waals surface area contributed by atoms with Gasteiger partial charge in [-0.3, -0.25) is 0 Å². The van der Waals surface area contributed by atoms with E-state index < -0.39 is 5.79 Å². The summed E-state index contributed by atoms with van der Waals surface area (Å²) in [6, 6.07) is 0. The highest BCUT2D eigenvalue weighted by Crippen LogP contribution is 2.09. The van der Waals surface area contributed by atoms with Gasteiger partial charge in [0.05, 0.1) is 0 Å². The minimum atomic E-state index is -0.671. The quantitative estimate of drug-likeness (QED) is 0.210. The van der Waals surface area contributed by atoms with E-state index in [1.54, 1.807) is 21.0 Å². The van der Waals surface area contributed by atoms with Crippen molar-refractivity contribution in [3.63, 3.8) is 0 Å². The predicted molar refractivity (Wildman–Crippen MR) is 47.6 cm³/mol. The highest BCUT2D eigenvalue weighted by Gasteiger charge is 2.17. The largest absolute Gasteiger partial charge is 0.351 e. The first-order valence-corrected chi connectivity index (χ1v) is 3.97. The van der Waals surface area contributed by atoms with Gasteiger partial charge in [-0.25, -0.2) is 9.78 Å². The molecule has 0 heterocycles. The van der Waals surface area contributed by atoms with Crippen molar-refractivity contribution in [2.45, 2.75) is 33.5 Å². The maximum atomic E-state index is 4.98. The van der Waals surface area contributed by atoms with E-state index in [4.69, 9.17) is 14.5 Å². The monoisotopic (exact) mass is 174 g/mol. The van der Waals surface area contributed by atoms with Gasteiger partial charge in [0.2, 0.25) is 0 Å². The molecule has 0 unspecified atom stereocenters. The van der Waals surface area contributed by atoms with Crippen molar-refractivity contribution < 1.29 is 14.5 Å². The third kappa shape index (κ3) is 6.34. The fraction of sp³-hybridized carbons (Fsp3) is 0.778. The van der Waals surface area contributed by atoms with E-state index in [2.05, 4.69) is 0 Å². The molecule has 0 fully saturated rings. The molecule has 0 N–H and O–H groups in total. The van der Waals surface area contributed by atoms with E-state index >= 15 is 0 Å². The van der Waals surface area contributed by atoms with Gasteiger partial charge in [0, 0.05) is 7.11 Å². The molecule has 0 atom stereocenters. The maximum absolute atomic E-state index is 4.98. The smallest absolute Gasteiger partial charge is 0.195 e. The lowest BCUT2D eigenvalue weighted by molar-refractivity contribution is -0.408. The zero-order valence-electron chi connectivity index (χ0n) is 8.51. The number of hydrogen-bond acceptors (Lipinski definition) is 3. The number of allylic oxidation sites excluding steroid dienone is 1. The van der Waals surface area contributed by atoms with Crippen LogP contribution < -0.4 is 0 Å². The van der Waals surface area contributed by atoms with Crippen LogP contribution in [0.25, 0.3) is 0 Å². The molecule has 0 rings (SSSR count). The lowest BCUT2D eigenvalue weighted by Gasteiger charge is -2.20. The summed E-state index contributed by atoms with van der Waals surface area (Å²) in [5, 5.41) is 0. The van der Waals surface area contributed by atoms with Crippen LogP contribution in [-0.2, 0) is 14.5 Å². The Labute approximate surface area is 74.2 Å². The first-order valence-electron chi connectivity index (χ1n) is 3.97. The van der Waals surface area contributed by atoms with Crippen molar-refractivity contribution in [1.29, 1.82) is 0 Å². The van der Waals surface area contributed by atoms with Crippen LogP contribution >= 0.6 is 0 Å². The van der Waals surface area contributed by atoms with Gasteiger partial charge in [-0.2, -0.15) is 0 Å². The summed E-state index contributed by atoms with van der Waals surface area (Å²) in [5.74, 6) is -0.671. The predicted octanol–water partition coefficient (Wildman–Crippen LogP) is 2.28. The molecular formula is C9H18O3. The fourth-order valence-corrected chi connectivity index (χ4v) is 0.411. The van der Waals surface area contributed by atoms with Crippen molar-refractivity contribution in [2.75, 3.05) is 13.7 Å². The Bertz CT molecular complexity index is 146. The minimum absolute atomic E-state index is 0.453. The van der Waals surface area contributed by atoms with Crippen molar-refractivity contribution in [1.82, 2.24) is 0 Å². The van der Waals surface area contributed by atoms with Gasteiger partial charge in [0.25, 0.3) is 0 Å². The van der Waals surface area contributed by atoms with E-state index in [0.29, 0.717) is 6.61 Å². The Kier molecular flexibility index (Phi) is 5.13. The molecule has 0 aliphatic carbocycles. The highest BCUT2D eigenvalue weighted by molar-refractivity contribution is 4.92. The molecule has 12 heavy (non-hydrogen) atoms. The van der Waals surface area contributed by atoms with Gasteiger partial charge in [0.15, 0.2) is 5.79 Å². The molecule has 0 aromatic carbocycles. The third-order valence-electron chi connectivity index (χ3n) is 1.31. The molecule has 0 bridgehead atoms. The summed E-state index contributed by atoms with van der Waals surface area (Å²) in [6.07, 6.45) is 1.94. The van der Waals surface area contributed by atoms with Gasteiger partial charge >= 0.3 is 0 Å².